The summed E-state index contributed by atoms with van der Waals surface area (Å²) in [5.41, 5.74) is 3.83. The summed E-state index contributed by atoms with van der Waals surface area (Å²) in [6.45, 7) is 0. The van der Waals surface area contributed by atoms with E-state index < -0.39 is 34.0 Å². The second-order valence-corrected chi connectivity index (χ2v) is 4.67. The molecule has 0 saturated heterocycles. The Balaban J connectivity index is 2.30. The van der Waals surface area contributed by atoms with E-state index in [2.05, 4.69) is 10.2 Å². The van der Waals surface area contributed by atoms with Crippen molar-refractivity contribution < 1.29 is 22.9 Å². The molecule has 2 rings (SSSR count). The van der Waals surface area contributed by atoms with E-state index in [4.69, 9.17) is 5.73 Å². The van der Waals surface area contributed by atoms with Crippen LogP contribution in [0.4, 0.5) is 19.0 Å². The van der Waals surface area contributed by atoms with Crippen molar-refractivity contribution in [3.8, 4) is 0 Å². The molecular formula is C13H11F3N4O3. The number of amides is 1. The lowest BCUT2D eigenvalue weighted by molar-refractivity contribution is -0.389. The summed E-state index contributed by atoms with van der Waals surface area (Å²) in [6.07, 6.45) is -4.71. The van der Waals surface area contributed by atoms with Crippen molar-refractivity contribution in [3.05, 3.63) is 56.8 Å². The summed E-state index contributed by atoms with van der Waals surface area (Å²) in [6, 6.07) is 4.96. The summed E-state index contributed by atoms with van der Waals surface area (Å²) in [5, 5.41) is 16.5. The Morgan fingerprint density at radius 1 is 1.30 bits per heavy atom. The fourth-order valence-electron chi connectivity index (χ4n) is 2.21. The minimum atomic E-state index is -4.51. The molecule has 0 aliphatic carbocycles. The van der Waals surface area contributed by atoms with E-state index in [1.165, 1.54) is 18.2 Å². The normalized spacial score (nSPS) is 11.4. The van der Waals surface area contributed by atoms with Crippen LogP contribution in [-0.2, 0) is 19.0 Å². The Hall–Kier alpha value is -2.91. The van der Waals surface area contributed by atoms with Crippen molar-refractivity contribution >= 4 is 11.7 Å². The van der Waals surface area contributed by atoms with Crippen LogP contribution in [0.5, 0.6) is 0 Å². The maximum Gasteiger partial charge on any atom is 0.416 e. The predicted molar refractivity (Wildman–Crippen MR) is 72.6 cm³/mol. The van der Waals surface area contributed by atoms with Gasteiger partial charge in [-0.05, 0) is 29.4 Å². The topological polar surface area (TPSA) is 115 Å². The molecule has 1 aromatic carbocycles. The number of rotatable bonds is 5. The fraction of sp³-hybridized carbons (Fsp3) is 0.231. The molecule has 0 fully saturated rings. The van der Waals surface area contributed by atoms with Crippen molar-refractivity contribution in [2.24, 2.45) is 5.73 Å². The number of nitrogens with two attached hydrogens (primary N) is 1. The number of H-pyrrole nitrogens is 1. The number of aryl methyl sites for hydroxylation is 2. The smallest absolute Gasteiger partial charge is 0.365 e. The van der Waals surface area contributed by atoms with Gasteiger partial charge in [0.2, 0.25) is 0 Å². The average molecular weight is 328 g/mol. The van der Waals surface area contributed by atoms with E-state index in [1.807, 2.05) is 0 Å². The third-order valence-electron chi connectivity index (χ3n) is 3.21. The minimum absolute atomic E-state index is 0.000994. The van der Waals surface area contributed by atoms with Gasteiger partial charge in [-0.3, -0.25) is 4.79 Å². The molecule has 0 atom stereocenters. The summed E-state index contributed by atoms with van der Waals surface area (Å²) in [5.74, 6) is -1.74. The molecule has 1 heterocycles. The molecule has 1 aromatic heterocycles. The molecule has 0 aliphatic rings. The summed E-state index contributed by atoms with van der Waals surface area (Å²) in [7, 11) is 0. The molecule has 7 nitrogen and oxygen atoms in total. The Morgan fingerprint density at radius 3 is 2.52 bits per heavy atom. The maximum absolute atomic E-state index is 12.9. The Morgan fingerprint density at radius 2 is 1.96 bits per heavy atom. The van der Waals surface area contributed by atoms with Crippen LogP contribution in [0.3, 0.4) is 0 Å². The Labute approximate surface area is 127 Å². The van der Waals surface area contributed by atoms with Crippen LogP contribution in [0, 0.1) is 10.1 Å². The standard InChI is InChI=1S/C13H11F3N4O3/c14-13(15,16)8-4-2-1-3-7(8)5-6-9-10(11(17)21)12(19-18-9)20(22)23/h1-4H,5-6H2,(H2,17,21)(H,18,19). The van der Waals surface area contributed by atoms with E-state index in [1.54, 1.807) is 0 Å². The molecule has 10 heteroatoms. The third kappa shape index (κ3) is 3.47. The highest BCUT2D eigenvalue weighted by Crippen LogP contribution is 2.32. The average Bonchev–Trinajstić information content (AvgIpc) is 2.88. The molecule has 0 bridgehead atoms. The summed E-state index contributed by atoms with van der Waals surface area (Å²) in [4.78, 5) is 21.2. The number of hydrogen-bond donors (Lipinski definition) is 2. The van der Waals surface area contributed by atoms with Crippen LogP contribution in [0.25, 0.3) is 0 Å². The molecule has 0 saturated carbocycles. The van der Waals surface area contributed by atoms with Gasteiger partial charge >= 0.3 is 12.0 Å². The number of hydrogen-bond acceptors (Lipinski definition) is 4. The lowest BCUT2D eigenvalue weighted by Gasteiger charge is -2.11. The first-order chi connectivity index (χ1) is 10.7. The van der Waals surface area contributed by atoms with Gasteiger partial charge in [0.05, 0.1) is 5.56 Å². The zero-order chi connectivity index (χ0) is 17.2. The second kappa shape index (κ2) is 6.07. The highest BCUT2D eigenvalue weighted by atomic mass is 19.4. The molecule has 0 spiro atoms. The van der Waals surface area contributed by atoms with Crippen LogP contribution in [0.15, 0.2) is 24.3 Å². The number of aromatic amines is 1. The van der Waals surface area contributed by atoms with Crippen LogP contribution in [0.1, 0.15) is 27.2 Å². The first kappa shape index (κ1) is 16.5. The number of primary amides is 1. The van der Waals surface area contributed by atoms with Crippen molar-refractivity contribution in [2.75, 3.05) is 0 Å². The fourth-order valence-corrected chi connectivity index (χ4v) is 2.21. The SMILES string of the molecule is NC(=O)c1c(CCc2ccccc2C(F)(F)F)n[nH]c1[N+](=O)[O-]. The number of aromatic nitrogens is 2. The van der Waals surface area contributed by atoms with E-state index >= 15 is 0 Å². The van der Waals surface area contributed by atoms with Gasteiger partial charge < -0.3 is 15.8 Å². The molecule has 23 heavy (non-hydrogen) atoms. The van der Waals surface area contributed by atoms with Gasteiger partial charge in [0.25, 0.3) is 5.91 Å². The number of nitrogens with one attached hydrogen (secondary N) is 1. The highest BCUT2D eigenvalue weighted by Gasteiger charge is 2.33. The molecule has 0 aliphatic heterocycles. The van der Waals surface area contributed by atoms with Gasteiger partial charge in [-0.1, -0.05) is 23.3 Å². The summed E-state index contributed by atoms with van der Waals surface area (Å²) < 4.78 is 38.7. The van der Waals surface area contributed by atoms with E-state index in [0.717, 1.165) is 6.07 Å². The highest BCUT2D eigenvalue weighted by molar-refractivity contribution is 5.97. The van der Waals surface area contributed by atoms with Gasteiger partial charge in [-0.2, -0.15) is 13.2 Å². The Bertz CT molecular complexity index is 755. The van der Waals surface area contributed by atoms with Crippen molar-refractivity contribution in [2.45, 2.75) is 19.0 Å². The molecule has 1 amide bonds. The van der Waals surface area contributed by atoms with E-state index in [-0.39, 0.29) is 24.1 Å². The van der Waals surface area contributed by atoms with E-state index in [9.17, 15) is 28.1 Å². The quantitative estimate of drug-likeness (QED) is 0.646. The van der Waals surface area contributed by atoms with Crippen molar-refractivity contribution in [1.82, 2.24) is 10.2 Å². The monoisotopic (exact) mass is 328 g/mol. The van der Waals surface area contributed by atoms with Gasteiger partial charge in [0.15, 0.2) is 5.56 Å². The molecule has 2 aromatic rings. The molecule has 0 radical (unpaired) electrons. The zero-order valence-electron chi connectivity index (χ0n) is 11.6. The van der Waals surface area contributed by atoms with Crippen LogP contribution >= 0.6 is 0 Å². The first-order valence-corrected chi connectivity index (χ1v) is 6.38. The number of nitro groups is 1. The lowest BCUT2D eigenvalue weighted by atomic mass is 10.00. The van der Waals surface area contributed by atoms with E-state index in [0.29, 0.717) is 0 Å². The molecule has 3 N–H and O–H groups in total. The number of benzene rings is 1. The van der Waals surface area contributed by atoms with Crippen molar-refractivity contribution in [3.63, 3.8) is 0 Å². The van der Waals surface area contributed by atoms with Gasteiger partial charge in [0.1, 0.15) is 5.69 Å². The number of carbonyl (C=O) groups excluding carboxylic acids is 1. The van der Waals surface area contributed by atoms with Gasteiger partial charge in [-0.15, -0.1) is 5.10 Å². The van der Waals surface area contributed by atoms with Gasteiger partial charge in [-0.25, -0.2) is 0 Å². The van der Waals surface area contributed by atoms with Crippen molar-refractivity contribution in [1.29, 1.82) is 0 Å². The Kier molecular flexibility index (Phi) is 4.34. The molecular weight excluding hydrogens is 317 g/mol. The first-order valence-electron chi connectivity index (χ1n) is 6.38. The largest absolute Gasteiger partial charge is 0.416 e. The number of alkyl halides is 3. The predicted octanol–water partition coefficient (Wildman–Crippen LogP) is 2.22. The third-order valence-corrected chi connectivity index (χ3v) is 3.21. The molecule has 122 valence electrons. The van der Waals surface area contributed by atoms with Crippen LogP contribution in [-0.4, -0.2) is 21.0 Å². The zero-order valence-corrected chi connectivity index (χ0v) is 11.6. The number of halogens is 3. The molecule has 0 unspecified atom stereocenters. The van der Waals surface area contributed by atoms with Crippen LogP contribution < -0.4 is 5.73 Å². The summed E-state index contributed by atoms with van der Waals surface area (Å²) >= 11 is 0. The number of carbonyl (C=O) groups is 1. The maximum atomic E-state index is 12.9. The lowest BCUT2D eigenvalue weighted by Crippen LogP contribution is -2.15. The minimum Gasteiger partial charge on any atom is -0.365 e. The number of nitrogens with zero attached hydrogens (tertiary/aromatic N) is 2. The van der Waals surface area contributed by atoms with Crippen LogP contribution in [0.2, 0.25) is 0 Å². The van der Waals surface area contributed by atoms with Gasteiger partial charge in [0, 0.05) is 0 Å². The second-order valence-electron chi connectivity index (χ2n) is 4.67.